The molecular weight excluding hydrogens is 496 g/mol. The summed E-state index contributed by atoms with van der Waals surface area (Å²) in [5.41, 5.74) is 5.30. The molecule has 0 aliphatic heterocycles. The lowest BCUT2D eigenvalue weighted by atomic mass is 9.79. The lowest BCUT2D eigenvalue weighted by Gasteiger charge is -2.30. The highest BCUT2D eigenvalue weighted by Gasteiger charge is 2.37. The number of hydrogen-bond donors (Lipinski definition) is 0. The average Bonchev–Trinajstić information content (AvgIpc) is 2.96. The van der Waals surface area contributed by atoms with Gasteiger partial charge in [0.15, 0.2) is 5.78 Å². The van der Waals surface area contributed by atoms with Crippen LogP contribution in [0.15, 0.2) is 84.9 Å². The maximum Gasteiger partial charge on any atom is 0.338 e. The van der Waals surface area contributed by atoms with Crippen molar-refractivity contribution in [3.63, 3.8) is 0 Å². The SMILES string of the molecule is COc1ccc(C(=O)C2CC=c3c(ccc4c3=CCc3ccccc3-4)C2OC(=O)c2ccccc2)c(Cl)c1. The van der Waals surface area contributed by atoms with Crippen molar-refractivity contribution < 1.29 is 19.1 Å². The molecule has 2 atom stereocenters. The average molecular weight is 521 g/mol. The monoisotopic (exact) mass is 520 g/mol. The van der Waals surface area contributed by atoms with E-state index in [4.69, 9.17) is 21.1 Å². The van der Waals surface area contributed by atoms with Gasteiger partial charge in [-0.1, -0.05) is 78.4 Å². The molecule has 0 fully saturated rings. The fraction of sp³-hybridized carbons (Fsp3) is 0.152. The minimum Gasteiger partial charge on any atom is -0.497 e. The van der Waals surface area contributed by atoms with Gasteiger partial charge in [0.25, 0.3) is 0 Å². The Labute approximate surface area is 225 Å². The zero-order chi connectivity index (χ0) is 26.2. The molecule has 0 radical (unpaired) electrons. The molecule has 4 aromatic carbocycles. The Balaban J connectivity index is 1.46. The molecule has 188 valence electrons. The molecule has 0 amide bonds. The fourth-order valence-electron chi connectivity index (χ4n) is 5.51. The van der Waals surface area contributed by atoms with Gasteiger partial charge < -0.3 is 9.47 Å². The normalized spacial score (nSPS) is 17.1. The van der Waals surface area contributed by atoms with Crippen molar-refractivity contribution in [3.8, 4) is 16.9 Å². The Morgan fingerprint density at radius 1 is 0.842 bits per heavy atom. The molecule has 2 aliphatic carbocycles. The molecule has 0 heterocycles. The smallest absolute Gasteiger partial charge is 0.338 e. The summed E-state index contributed by atoms with van der Waals surface area (Å²) in [6, 6.07) is 26.4. The van der Waals surface area contributed by atoms with Gasteiger partial charge in [0.2, 0.25) is 0 Å². The van der Waals surface area contributed by atoms with E-state index in [9.17, 15) is 9.59 Å². The van der Waals surface area contributed by atoms with E-state index in [-0.39, 0.29) is 5.78 Å². The Morgan fingerprint density at radius 2 is 1.63 bits per heavy atom. The maximum atomic E-state index is 13.9. The number of Topliss-reactive ketones (excluding diaryl/α,β-unsaturated/α-hetero) is 1. The van der Waals surface area contributed by atoms with Gasteiger partial charge in [-0.3, -0.25) is 4.79 Å². The largest absolute Gasteiger partial charge is 0.497 e. The summed E-state index contributed by atoms with van der Waals surface area (Å²) in [5.74, 6) is -0.678. The summed E-state index contributed by atoms with van der Waals surface area (Å²) < 4.78 is 11.4. The molecule has 38 heavy (non-hydrogen) atoms. The quantitative estimate of drug-likeness (QED) is 0.242. The van der Waals surface area contributed by atoms with Crippen LogP contribution in [0, 0.1) is 5.92 Å². The summed E-state index contributed by atoms with van der Waals surface area (Å²) in [7, 11) is 1.55. The second-order valence-electron chi connectivity index (χ2n) is 9.54. The number of benzene rings is 4. The molecule has 4 aromatic rings. The van der Waals surface area contributed by atoms with Crippen LogP contribution in [-0.4, -0.2) is 18.9 Å². The van der Waals surface area contributed by atoms with E-state index in [1.165, 1.54) is 11.1 Å². The second kappa shape index (κ2) is 9.96. The minimum absolute atomic E-state index is 0.169. The molecule has 2 aliphatic rings. The number of fused-ring (bicyclic) bond motifs is 5. The first-order valence-corrected chi connectivity index (χ1v) is 13.0. The third-order valence-corrected chi connectivity index (χ3v) is 7.74. The predicted octanol–water partition coefficient (Wildman–Crippen LogP) is 5.93. The van der Waals surface area contributed by atoms with Crippen molar-refractivity contribution in [3.05, 3.63) is 123 Å². The number of rotatable bonds is 5. The fourth-order valence-corrected chi connectivity index (χ4v) is 5.78. The number of halogens is 1. The molecule has 0 saturated carbocycles. The summed E-state index contributed by atoms with van der Waals surface area (Å²) >= 11 is 6.49. The Morgan fingerprint density at radius 3 is 2.42 bits per heavy atom. The molecule has 0 aromatic heterocycles. The van der Waals surface area contributed by atoms with Crippen molar-refractivity contribution in [2.45, 2.75) is 18.9 Å². The first-order chi connectivity index (χ1) is 18.5. The van der Waals surface area contributed by atoms with Crippen molar-refractivity contribution in [2.24, 2.45) is 5.92 Å². The van der Waals surface area contributed by atoms with Crippen LogP contribution in [0.2, 0.25) is 5.02 Å². The Bertz CT molecular complexity index is 1690. The van der Waals surface area contributed by atoms with Crippen LogP contribution >= 0.6 is 11.6 Å². The predicted molar refractivity (Wildman–Crippen MR) is 149 cm³/mol. The zero-order valence-electron chi connectivity index (χ0n) is 20.8. The lowest BCUT2D eigenvalue weighted by Crippen LogP contribution is -2.40. The molecule has 4 nitrogen and oxygen atoms in total. The second-order valence-corrected chi connectivity index (χ2v) is 9.95. The molecule has 5 heteroatoms. The standard InChI is InChI=1S/C33H25ClO4/c1-37-22-12-14-28(30(34)19-22)31(35)29-18-16-26-25-13-11-20-7-5-6-10-23(20)24(25)15-17-27(26)32(29)38-33(36)21-8-3-2-4-9-21/h2-10,12-17,19,29,32H,11,18H2,1H3. The number of carbonyl (C=O) groups excluding carboxylic acids is 2. The van der Waals surface area contributed by atoms with Crippen LogP contribution in [0.3, 0.4) is 0 Å². The van der Waals surface area contributed by atoms with Crippen LogP contribution in [0.1, 0.15) is 44.4 Å². The molecular formula is C33H25ClO4. The zero-order valence-corrected chi connectivity index (χ0v) is 21.6. The van der Waals surface area contributed by atoms with Gasteiger partial charge in [-0.05, 0) is 70.3 Å². The highest BCUT2D eigenvalue weighted by atomic mass is 35.5. The molecule has 0 N–H and O–H groups in total. The van der Waals surface area contributed by atoms with Gasteiger partial charge in [-0.25, -0.2) is 4.79 Å². The number of esters is 1. The van der Waals surface area contributed by atoms with Gasteiger partial charge in [0.1, 0.15) is 11.9 Å². The van der Waals surface area contributed by atoms with Crippen LogP contribution < -0.4 is 15.2 Å². The highest BCUT2D eigenvalue weighted by molar-refractivity contribution is 6.34. The summed E-state index contributed by atoms with van der Waals surface area (Å²) in [6.07, 6.45) is 4.82. The van der Waals surface area contributed by atoms with Crippen molar-refractivity contribution in [1.82, 2.24) is 0 Å². The Hall–Kier alpha value is -4.15. The van der Waals surface area contributed by atoms with E-state index in [0.29, 0.717) is 28.3 Å². The number of carbonyl (C=O) groups is 2. The van der Waals surface area contributed by atoms with Gasteiger partial charge in [-0.15, -0.1) is 0 Å². The van der Waals surface area contributed by atoms with Gasteiger partial charge in [-0.2, -0.15) is 0 Å². The third kappa shape index (κ3) is 4.21. The minimum atomic E-state index is -0.760. The van der Waals surface area contributed by atoms with E-state index in [1.54, 1.807) is 49.6 Å². The summed E-state index contributed by atoms with van der Waals surface area (Å²) in [6.45, 7) is 0. The van der Waals surface area contributed by atoms with E-state index in [0.717, 1.165) is 28.0 Å². The van der Waals surface area contributed by atoms with Crippen LogP contribution in [0.5, 0.6) is 5.75 Å². The van der Waals surface area contributed by atoms with E-state index in [1.807, 2.05) is 12.1 Å². The summed E-state index contributed by atoms with van der Waals surface area (Å²) in [5, 5.41) is 2.45. The number of ketones is 1. The van der Waals surface area contributed by atoms with E-state index >= 15 is 0 Å². The number of hydrogen-bond acceptors (Lipinski definition) is 4. The van der Waals surface area contributed by atoms with Crippen molar-refractivity contribution in [1.29, 1.82) is 0 Å². The number of ether oxygens (including phenoxy) is 2. The molecule has 0 spiro atoms. The van der Waals surface area contributed by atoms with Crippen molar-refractivity contribution in [2.75, 3.05) is 7.11 Å². The van der Waals surface area contributed by atoms with E-state index < -0.39 is 18.0 Å². The van der Waals surface area contributed by atoms with E-state index in [2.05, 4.69) is 42.5 Å². The van der Waals surface area contributed by atoms with Crippen molar-refractivity contribution >= 4 is 35.5 Å². The van der Waals surface area contributed by atoms with Gasteiger partial charge >= 0.3 is 5.97 Å². The molecule has 0 bridgehead atoms. The first kappa shape index (κ1) is 24.2. The molecule has 0 saturated heterocycles. The number of methoxy groups -OCH3 is 1. The highest BCUT2D eigenvalue weighted by Crippen LogP contribution is 2.36. The topological polar surface area (TPSA) is 52.6 Å². The third-order valence-electron chi connectivity index (χ3n) is 7.42. The maximum absolute atomic E-state index is 13.9. The lowest BCUT2D eigenvalue weighted by molar-refractivity contribution is 0.0139. The van der Waals surface area contributed by atoms with Gasteiger partial charge in [0, 0.05) is 11.1 Å². The summed E-state index contributed by atoms with van der Waals surface area (Å²) in [4.78, 5) is 27.1. The van der Waals surface area contributed by atoms with Gasteiger partial charge in [0.05, 0.1) is 23.6 Å². The van der Waals surface area contributed by atoms with Crippen LogP contribution in [0.25, 0.3) is 23.3 Å². The molecule has 6 rings (SSSR count). The van der Waals surface area contributed by atoms with Crippen LogP contribution in [0.4, 0.5) is 0 Å². The Kier molecular flexibility index (Phi) is 6.34. The van der Waals surface area contributed by atoms with Crippen LogP contribution in [-0.2, 0) is 11.2 Å². The first-order valence-electron chi connectivity index (χ1n) is 12.6. The molecule has 2 unspecified atom stereocenters.